The standard InChI is InChI=1S/C13H19ClN2S.2ClH/c14-12-5-4-11(17-12)13(10-2-1-3-10)16-8-6-15-7-9-16;;/h4-5,10,13,15H,1-3,6-9H2;2*1H/t13-;;/m1../s1. The Morgan fingerprint density at radius 2 is 1.89 bits per heavy atom. The third kappa shape index (κ3) is 3.99. The van der Waals surface area contributed by atoms with Crippen molar-refractivity contribution in [3.05, 3.63) is 21.3 Å². The third-order valence-electron chi connectivity index (χ3n) is 4.03. The van der Waals surface area contributed by atoms with E-state index in [-0.39, 0.29) is 24.8 Å². The molecule has 1 aromatic heterocycles. The van der Waals surface area contributed by atoms with Crippen molar-refractivity contribution in [2.45, 2.75) is 25.3 Å². The second-order valence-corrected chi connectivity index (χ2v) is 6.81. The lowest BCUT2D eigenvalue weighted by Gasteiger charge is -2.42. The van der Waals surface area contributed by atoms with Crippen LogP contribution in [0.15, 0.2) is 12.1 Å². The Hall–Kier alpha value is 0.490. The summed E-state index contributed by atoms with van der Waals surface area (Å²) < 4.78 is 0.930. The van der Waals surface area contributed by atoms with Gasteiger partial charge in [0.2, 0.25) is 0 Å². The van der Waals surface area contributed by atoms with E-state index in [0.29, 0.717) is 6.04 Å². The molecule has 2 nitrogen and oxygen atoms in total. The minimum absolute atomic E-state index is 0. The number of halogens is 3. The molecule has 0 unspecified atom stereocenters. The molecule has 1 atom stereocenters. The maximum Gasteiger partial charge on any atom is 0.0931 e. The van der Waals surface area contributed by atoms with Crippen LogP contribution in [0.3, 0.4) is 0 Å². The van der Waals surface area contributed by atoms with Gasteiger partial charge >= 0.3 is 0 Å². The average Bonchev–Trinajstić information content (AvgIpc) is 2.71. The molecule has 1 N–H and O–H groups in total. The Labute approximate surface area is 136 Å². The summed E-state index contributed by atoms with van der Waals surface area (Å²) in [5, 5.41) is 3.44. The van der Waals surface area contributed by atoms with Gasteiger partial charge < -0.3 is 5.32 Å². The number of hydrogen-bond acceptors (Lipinski definition) is 3. The van der Waals surface area contributed by atoms with Crippen molar-refractivity contribution in [2.75, 3.05) is 26.2 Å². The van der Waals surface area contributed by atoms with Gasteiger partial charge in [0.05, 0.1) is 4.34 Å². The summed E-state index contributed by atoms with van der Waals surface area (Å²) in [5.74, 6) is 0.864. The van der Waals surface area contributed by atoms with Crippen LogP contribution in [0.5, 0.6) is 0 Å². The topological polar surface area (TPSA) is 15.3 Å². The lowest BCUT2D eigenvalue weighted by Crippen LogP contribution is -2.47. The lowest BCUT2D eigenvalue weighted by atomic mass is 9.78. The quantitative estimate of drug-likeness (QED) is 0.892. The van der Waals surface area contributed by atoms with Crippen molar-refractivity contribution in [2.24, 2.45) is 5.92 Å². The van der Waals surface area contributed by atoms with Gasteiger partial charge in [-0.25, -0.2) is 0 Å². The van der Waals surface area contributed by atoms with E-state index < -0.39 is 0 Å². The number of hydrogen-bond donors (Lipinski definition) is 1. The SMILES string of the molecule is Cl.Cl.Clc1ccc([C@@H](C2CCC2)N2CCNCC2)s1. The average molecular weight is 344 g/mol. The molecular formula is C13H21Cl3N2S. The first kappa shape index (κ1) is 17.5. The van der Waals surface area contributed by atoms with Gasteiger partial charge in [0.25, 0.3) is 0 Å². The molecule has 1 saturated heterocycles. The molecule has 110 valence electrons. The zero-order chi connectivity index (χ0) is 11.7. The Morgan fingerprint density at radius 1 is 1.21 bits per heavy atom. The maximum atomic E-state index is 6.10. The van der Waals surface area contributed by atoms with E-state index in [1.165, 1.54) is 37.2 Å². The summed E-state index contributed by atoms with van der Waals surface area (Å²) in [6.45, 7) is 4.61. The lowest BCUT2D eigenvalue weighted by molar-refractivity contribution is 0.0861. The highest BCUT2D eigenvalue weighted by Gasteiger charge is 2.34. The predicted octanol–water partition coefficient (Wildman–Crippen LogP) is 3.99. The maximum absolute atomic E-state index is 6.10. The van der Waals surface area contributed by atoms with E-state index in [4.69, 9.17) is 11.6 Å². The molecule has 0 bridgehead atoms. The number of rotatable bonds is 3. The van der Waals surface area contributed by atoms with E-state index in [1.807, 2.05) is 0 Å². The fourth-order valence-corrected chi connectivity index (χ4v) is 4.20. The minimum atomic E-state index is 0. The van der Waals surface area contributed by atoms with Crippen LogP contribution in [0.2, 0.25) is 4.34 Å². The van der Waals surface area contributed by atoms with E-state index in [9.17, 15) is 0 Å². The molecule has 0 amide bonds. The number of nitrogens with zero attached hydrogens (tertiary/aromatic N) is 1. The van der Waals surface area contributed by atoms with E-state index in [1.54, 1.807) is 11.3 Å². The molecule has 3 rings (SSSR count). The fraction of sp³-hybridized carbons (Fsp3) is 0.692. The first-order valence-electron chi connectivity index (χ1n) is 6.54. The van der Waals surface area contributed by atoms with Gasteiger partial charge in [0, 0.05) is 37.1 Å². The van der Waals surface area contributed by atoms with Crippen LogP contribution in [-0.2, 0) is 0 Å². The van der Waals surface area contributed by atoms with Crippen LogP contribution in [0.4, 0.5) is 0 Å². The van der Waals surface area contributed by atoms with Gasteiger partial charge in [-0.3, -0.25) is 4.90 Å². The Morgan fingerprint density at radius 3 is 2.37 bits per heavy atom. The summed E-state index contributed by atoms with van der Waals surface area (Å²) >= 11 is 7.87. The van der Waals surface area contributed by atoms with Crippen molar-refractivity contribution < 1.29 is 0 Å². The Kier molecular flexibility index (Phi) is 7.44. The van der Waals surface area contributed by atoms with E-state index in [0.717, 1.165) is 23.3 Å². The normalized spacial score (nSPS) is 21.9. The second-order valence-electron chi connectivity index (χ2n) is 5.06. The first-order chi connectivity index (χ1) is 8.34. The molecule has 2 heterocycles. The summed E-state index contributed by atoms with van der Waals surface area (Å²) in [5.41, 5.74) is 0. The van der Waals surface area contributed by atoms with Gasteiger partial charge in [0.1, 0.15) is 0 Å². The molecule has 2 aliphatic rings. The molecule has 0 aromatic carbocycles. The highest BCUT2D eigenvalue weighted by molar-refractivity contribution is 7.16. The zero-order valence-electron chi connectivity index (χ0n) is 10.8. The van der Waals surface area contributed by atoms with Crippen LogP contribution in [0.1, 0.15) is 30.2 Å². The largest absolute Gasteiger partial charge is 0.314 e. The highest BCUT2D eigenvalue weighted by atomic mass is 35.5. The molecule has 1 aliphatic heterocycles. The van der Waals surface area contributed by atoms with Crippen LogP contribution >= 0.6 is 47.8 Å². The molecule has 19 heavy (non-hydrogen) atoms. The summed E-state index contributed by atoms with van der Waals surface area (Å²) in [7, 11) is 0. The van der Waals surface area contributed by atoms with Crippen molar-refractivity contribution in [1.29, 1.82) is 0 Å². The molecule has 1 saturated carbocycles. The molecule has 1 aliphatic carbocycles. The highest BCUT2D eigenvalue weighted by Crippen LogP contribution is 2.44. The van der Waals surface area contributed by atoms with Crippen LogP contribution < -0.4 is 5.32 Å². The van der Waals surface area contributed by atoms with Gasteiger partial charge in [-0.2, -0.15) is 0 Å². The Balaban J connectivity index is 0.000000902. The van der Waals surface area contributed by atoms with Crippen molar-refractivity contribution >= 4 is 47.8 Å². The van der Waals surface area contributed by atoms with Crippen LogP contribution in [0.25, 0.3) is 0 Å². The van der Waals surface area contributed by atoms with Crippen LogP contribution in [-0.4, -0.2) is 31.1 Å². The predicted molar refractivity (Wildman–Crippen MR) is 88.3 cm³/mol. The van der Waals surface area contributed by atoms with Gasteiger partial charge in [0.15, 0.2) is 0 Å². The van der Waals surface area contributed by atoms with E-state index >= 15 is 0 Å². The monoisotopic (exact) mass is 342 g/mol. The summed E-state index contributed by atoms with van der Waals surface area (Å²) in [6, 6.07) is 4.91. The molecule has 1 aromatic rings. The number of thiophene rings is 1. The van der Waals surface area contributed by atoms with Gasteiger partial charge in [-0.15, -0.1) is 36.2 Å². The smallest absolute Gasteiger partial charge is 0.0931 e. The molecular weight excluding hydrogens is 323 g/mol. The van der Waals surface area contributed by atoms with Gasteiger partial charge in [-0.05, 0) is 30.9 Å². The molecule has 0 radical (unpaired) electrons. The van der Waals surface area contributed by atoms with Gasteiger partial charge in [-0.1, -0.05) is 18.0 Å². The van der Waals surface area contributed by atoms with Crippen LogP contribution in [0, 0.1) is 5.92 Å². The van der Waals surface area contributed by atoms with Crippen molar-refractivity contribution in [1.82, 2.24) is 10.2 Å². The summed E-state index contributed by atoms with van der Waals surface area (Å²) in [4.78, 5) is 4.13. The van der Waals surface area contributed by atoms with E-state index in [2.05, 4.69) is 22.3 Å². The third-order valence-corrected chi connectivity index (χ3v) is 5.33. The molecule has 0 spiro atoms. The number of nitrogens with one attached hydrogen (secondary N) is 1. The second kappa shape index (κ2) is 8.06. The zero-order valence-corrected chi connectivity index (χ0v) is 14.0. The minimum Gasteiger partial charge on any atom is -0.314 e. The van der Waals surface area contributed by atoms with Crippen molar-refractivity contribution in [3.8, 4) is 0 Å². The summed E-state index contributed by atoms with van der Waals surface area (Å²) in [6.07, 6.45) is 4.20. The molecule has 6 heteroatoms. The fourth-order valence-electron chi connectivity index (χ4n) is 2.91. The first-order valence-corrected chi connectivity index (χ1v) is 7.74. The van der Waals surface area contributed by atoms with Crippen molar-refractivity contribution in [3.63, 3.8) is 0 Å². The number of piperazine rings is 1. The molecule has 2 fully saturated rings. The Bertz CT molecular complexity index is 376.